The minimum absolute atomic E-state index is 0.474. The maximum absolute atomic E-state index is 5.84. The number of ether oxygens (including phenoxy) is 1. The van der Waals surface area contributed by atoms with Gasteiger partial charge < -0.3 is 10.1 Å². The molecule has 1 aliphatic heterocycles. The lowest BCUT2D eigenvalue weighted by molar-refractivity contribution is 0.0115. The number of hydrogen-bond acceptors (Lipinski definition) is 2. The second kappa shape index (κ2) is 7.00. The lowest BCUT2D eigenvalue weighted by Crippen LogP contribution is -2.25. The van der Waals surface area contributed by atoms with Crippen molar-refractivity contribution in [3.05, 3.63) is 34.9 Å². The number of rotatable bonds is 5. The van der Waals surface area contributed by atoms with E-state index in [4.69, 9.17) is 16.3 Å². The van der Waals surface area contributed by atoms with Gasteiger partial charge in [-0.25, -0.2) is 0 Å². The zero-order chi connectivity index (χ0) is 11.9. The molecule has 3 heteroatoms. The van der Waals surface area contributed by atoms with Gasteiger partial charge in [0.05, 0.1) is 6.10 Å². The van der Waals surface area contributed by atoms with E-state index in [0.29, 0.717) is 6.10 Å². The van der Waals surface area contributed by atoms with Gasteiger partial charge in [0.1, 0.15) is 0 Å². The van der Waals surface area contributed by atoms with Crippen LogP contribution in [-0.4, -0.2) is 19.3 Å². The Labute approximate surface area is 108 Å². The summed E-state index contributed by atoms with van der Waals surface area (Å²) < 4.78 is 5.69. The number of nitrogens with one attached hydrogen (secondary N) is 1. The predicted octanol–water partition coefficient (Wildman–Crippen LogP) is 3.39. The summed E-state index contributed by atoms with van der Waals surface area (Å²) in [4.78, 5) is 0. The molecule has 0 saturated carbocycles. The van der Waals surface area contributed by atoms with Gasteiger partial charge in [-0.2, -0.15) is 0 Å². The molecule has 0 amide bonds. The minimum atomic E-state index is 0.474. The van der Waals surface area contributed by atoms with Crippen molar-refractivity contribution in [1.82, 2.24) is 5.32 Å². The van der Waals surface area contributed by atoms with Crippen LogP contribution in [0.15, 0.2) is 24.3 Å². The highest BCUT2D eigenvalue weighted by Crippen LogP contribution is 2.15. The van der Waals surface area contributed by atoms with Gasteiger partial charge >= 0.3 is 0 Å². The van der Waals surface area contributed by atoms with Crippen molar-refractivity contribution >= 4 is 11.6 Å². The van der Waals surface area contributed by atoms with Crippen molar-refractivity contribution in [2.45, 2.75) is 38.3 Å². The molecule has 1 aliphatic rings. The van der Waals surface area contributed by atoms with Crippen molar-refractivity contribution in [2.24, 2.45) is 0 Å². The van der Waals surface area contributed by atoms with Gasteiger partial charge in [0.25, 0.3) is 0 Å². The van der Waals surface area contributed by atoms with E-state index in [1.54, 1.807) is 0 Å². The quantitative estimate of drug-likeness (QED) is 0.813. The first-order valence-electron chi connectivity index (χ1n) is 6.41. The van der Waals surface area contributed by atoms with Gasteiger partial charge in [0.2, 0.25) is 0 Å². The molecule has 0 bridgehead atoms. The summed E-state index contributed by atoms with van der Waals surface area (Å²) in [5.74, 6) is 0. The van der Waals surface area contributed by atoms with Crippen LogP contribution < -0.4 is 5.32 Å². The molecule has 2 nitrogen and oxygen atoms in total. The maximum Gasteiger partial charge on any atom is 0.0587 e. The summed E-state index contributed by atoms with van der Waals surface area (Å²) in [6, 6.07) is 7.99. The van der Waals surface area contributed by atoms with E-state index in [1.165, 1.54) is 24.8 Å². The van der Waals surface area contributed by atoms with E-state index in [1.807, 2.05) is 12.1 Å². The van der Waals surface area contributed by atoms with Crippen LogP contribution in [0.2, 0.25) is 5.02 Å². The molecule has 1 unspecified atom stereocenters. The van der Waals surface area contributed by atoms with Crippen LogP contribution in [-0.2, 0) is 11.3 Å². The van der Waals surface area contributed by atoms with Crippen LogP contribution in [0, 0.1) is 0 Å². The molecule has 1 aromatic carbocycles. The topological polar surface area (TPSA) is 21.3 Å². The molecule has 1 atom stereocenters. The summed E-state index contributed by atoms with van der Waals surface area (Å²) in [7, 11) is 0. The van der Waals surface area contributed by atoms with E-state index >= 15 is 0 Å². The smallest absolute Gasteiger partial charge is 0.0587 e. The molecule has 1 fully saturated rings. The average molecular weight is 254 g/mol. The summed E-state index contributed by atoms with van der Waals surface area (Å²) in [5.41, 5.74) is 1.28. The highest BCUT2D eigenvalue weighted by molar-refractivity contribution is 6.30. The van der Waals surface area contributed by atoms with Crippen LogP contribution >= 0.6 is 11.6 Å². The van der Waals surface area contributed by atoms with Gasteiger partial charge in [-0.15, -0.1) is 0 Å². The molecule has 0 spiro atoms. The Hall–Kier alpha value is -0.570. The number of halogens is 1. The fraction of sp³-hybridized carbons (Fsp3) is 0.571. The highest BCUT2D eigenvalue weighted by atomic mass is 35.5. The van der Waals surface area contributed by atoms with Gasteiger partial charge in [-0.1, -0.05) is 23.7 Å². The van der Waals surface area contributed by atoms with Crippen LogP contribution in [0.5, 0.6) is 0 Å². The molecular weight excluding hydrogens is 234 g/mol. The first-order valence-corrected chi connectivity index (χ1v) is 6.79. The standard InChI is InChI=1S/C14H20ClNO/c15-13-6-4-12(5-7-13)11-16-9-8-14-3-1-2-10-17-14/h4-7,14,16H,1-3,8-11H2. The molecule has 0 aromatic heterocycles. The molecule has 1 heterocycles. The first kappa shape index (κ1) is 12.9. The second-order valence-corrected chi connectivity index (χ2v) is 5.02. The molecule has 0 radical (unpaired) electrons. The molecule has 1 N–H and O–H groups in total. The highest BCUT2D eigenvalue weighted by Gasteiger charge is 2.12. The van der Waals surface area contributed by atoms with Crippen molar-refractivity contribution < 1.29 is 4.74 Å². The summed E-state index contributed by atoms with van der Waals surface area (Å²) in [6.07, 6.45) is 5.37. The Morgan fingerprint density at radius 1 is 1.24 bits per heavy atom. The third-order valence-corrected chi connectivity index (χ3v) is 3.41. The van der Waals surface area contributed by atoms with Gasteiger partial charge in [0.15, 0.2) is 0 Å². The molecule has 1 saturated heterocycles. The molecule has 17 heavy (non-hydrogen) atoms. The maximum atomic E-state index is 5.84. The fourth-order valence-corrected chi connectivity index (χ4v) is 2.26. The Balaban J connectivity index is 1.60. The van der Waals surface area contributed by atoms with E-state index in [0.717, 1.165) is 31.1 Å². The van der Waals surface area contributed by atoms with E-state index in [2.05, 4.69) is 17.4 Å². The molecule has 2 rings (SSSR count). The largest absolute Gasteiger partial charge is 0.378 e. The lowest BCUT2D eigenvalue weighted by atomic mass is 10.1. The van der Waals surface area contributed by atoms with Crippen LogP contribution in [0.4, 0.5) is 0 Å². The third-order valence-electron chi connectivity index (χ3n) is 3.16. The van der Waals surface area contributed by atoms with Crippen molar-refractivity contribution in [3.8, 4) is 0 Å². The minimum Gasteiger partial charge on any atom is -0.378 e. The molecule has 94 valence electrons. The zero-order valence-electron chi connectivity index (χ0n) is 10.1. The van der Waals surface area contributed by atoms with Gasteiger partial charge in [-0.3, -0.25) is 0 Å². The number of hydrogen-bond donors (Lipinski definition) is 1. The van der Waals surface area contributed by atoms with E-state index in [9.17, 15) is 0 Å². The van der Waals surface area contributed by atoms with Crippen molar-refractivity contribution in [1.29, 1.82) is 0 Å². The summed E-state index contributed by atoms with van der Waals surface area (Å²) in [5, 5.41) is 4.24. The van der Waals surface area contributed by atoms with Crippen molar-refractivity contribution in [2.75, 3.05) is 13.2 Å². The van der Waals surface area contributed by atoms with Crippen molar-refractivity contribution in [3.63, 3.8) is 0 Å². The van der Waals surface area contributed by atoms with Gasteiger partial charge in [-0.05, 0) is 49.9 Å². The zero-order valence-corrected chi connectivity index (χ0v) is 10.9. The van der Waals surface area contributed by atoms with Crippen LogP contribution in [0.1, 0.15) is 31.2 Å². The monoisotopic (exact) mass is 253 g/mol. The molecular formula is C14H20ClNO. The normalized spacial score (nSPS) is 20.4. The summed E-state index contributed by atoms with van der Waals surface area (Å²) in [6.45, 7) is 2.87. The fourth-order valence-electron chi connectivity index (χ4n) is 2.13. The Morgan fingerprint density at radius 3 is 2.76 bits per heavy atom. The van der Waals surface area contributed by atoms with Gasteiger partial charge in [0, 0.05) is 18.2 Å². The van der Waals surface area contributed by atoms with Crippen LogP contribution in [0.3, 0.4) is 0 Å². The third kappa shape index (κ3) is 4.66. The Bertz CT molecular complexity index is 319. The molecule has 1 aromatic rings. The first-order chi connectivity index (χ1) is 8.34. The Kier molecular flexibility index (Phi) is 5.30. The summed E-state index contributed by atoms with van der Waals surface area (Å²) >= 11 is 5.84. The average Bonchev–Trinajstić information content (AvgIpc) is 2.38. The SMILES string of the molecule is Clc1ccc(CNCCC2CCCCO2)cc1. The van der Waals surface area contributed by atoms with E-state index in [-0.39, 0.29) is 0 Å². The van der Waals surface area contributed by atoms with E-state index < -0.39 is 0 Å². The lowest BCUT2D eigenvalue weighted by Gasteiger charge is -2.22. The second-order valence-electron chi connectivity index (χ2n) is 4.58. The predicted molar refractivity (Wildman–Crippen MR) is 71.4 cm³/mol. The Morgan fingerprint density at radius 2 is 2.06 bits per heavy atom. The van der Waals surface area contributed by atoms with Crippen LogP contribution in [0.25, 0.3) is 0 Å². The number of benzene rings is 1. The molecule has 0 aliphatic carbocycles.